The summed E-state index contributed by atoms with van der Waals surface area (Å²) in [6.07, 6.45) is 3.08. The molecule has 1 amide bonds. The average molecular weight is 269 g/mol. The number of amides is 1. The van der Waals surface area contributed by atoms with Crippen LogP contribution in [0.2, 0.25) is 5.02 Å². The van der Waals surface area contributed by atoms with E-state index in [2.05, 4.69) is 10.6 Å². The molecule has 0 saturated carbocycles. The largest absolute Gasteiger partial charge is 0.495 e. The standard InChI is InChI=1S/C13H17ClN2O2/c1-18-12-6-5-9(14)8-11(12)16-13(17)10-4-2-3-7-15-10/h5-6,8,10,15H,2-4,7H2,1H3,(H,16,17). The zero-order valence-corrected chi connectivity index (χ0v) is 11.1. The Morgan fingerprint density at radius 3 is 3.00 bits per heavy atom. The van der Waals surface area contributed by atoms with Gasteiger partial charge in [0.2, 0.25) is 5.91 Å². The van der Waals surface area contributed by atoms with Gasteiger partial charge in [0, 0.05) is 5.02 Å². The second kappa shape index (κ2) is 6.07. The molecule has 0 bridgehead atoms. The van der Waals surface area contributed by atoms with Gasteiger partial charge in [0.05, 0.1) is 18.8 Å². The van der Waals surface area contributed by atoms with Gasteiger partial charge in [-0.3, -0.25) is 4.79 Å². The first-order valence-corrected chi connectivity index (χ1v) is 6.46. The fraction of sp³-hybridized carbons (Fsp3) is 0.462. The molecule has 98 valence electrons. The van der Waals surface area contributed by atoms with Gasteiger partial charge in [0.15, 0.2) is 0 Å². The molecule has 0 spiro atoms. The van der Waals surface area contributed by atoms with Crippen molar-refractivity contribution in [3.8, 4) is 5.75 Å². The summed E-state index contributed by atoms with van der Waals surface area (Å²) in [5.74, 6) is 0.582. The number of ether oxygens (including phenoxy) is 1. The van der Waals surface area contributed by atoms with Gasteiger partial charge in [-0.25, -0.2) is 0 Å². The third-order valence-corrected chi connectivity index (χ3v) is 3.28. The smallest absolute Gasteiger partial charge is 0.241 e. The Kier molecular flexibility index (Phi) is 4.44. The molecule has 1 aliphatic heterocycles. The van der Waals surface area contributed by atoms with E-state index in [1.165, 1.54) is 0 Å². The van der Waals surface area contributed by atoms with Crippen LogP contribution in [0.1, 0.15) is 19.3 Å². The molecule has 1 saturated heterocycles. The molecule has 0 aromatic heterocycles. The zero-order chi connectivity index (χ0) is 13.0. The van der Waals surface area contributed by atoms with E-state index in [4.69, 9.17) is 16.3 Å². The fourth-order valence-electron chi connectivity index (χ4n) is 2.07. The van der Waals surface area contributed by atoms with E-state index >= 15 is 0 Å². The predicted octanol–water partition coefficient (Wildman–Crippen LogP) is 2.43. The lowest BCUT2D eigenvalue weighted by atomic mass is 10.0. The van der Waals surface area contributed by atoms with Crippen LogP contribution < -0.4 is 15.4 Å². The van der Waals surface area contributed by atoms with Gasteiger partial charge in [-0.2, -0.15) is 0 Å². The van der Waals surface area contributed by atoms with Crippen molar-refractivity contribution in [1.29, 1.82) is 0 Å². The van der Waals surface area contributed by atoms with Crippen molar-refractivity contribution in [2.45, 2.75) is 25.3 Å². The third-order valence-electron chi connectivity index (χ3n) is 3.05. The predicted molar refractivity (Wildman–Crippen MR) is 72.3 cm³/mol. The maximum Gasteiger partial charge on any atom is 0.241 e. The van der Waals surface area contributed by atoms with Crippen molar-refractivity contribution < 1.29 is 9.53 Å². The highest BCUT2D eigenvalue weighted by molar-refractivity contribution is 6.31. The van der Waals surface area contributed by atoms with Crippen LogP contribution in [0.4, 0.5) is 5.69 Å². The molecule has 18 heavy (non-hydrogen) atoms. The number of carbonyl (C=O) groups is 1. The Bertz CT molecular complexity index is 431. The summed E-state index contributed by atoms with van der Waals surface area (Å²) in [7, 11) is 1.57. The number of hydrogen-bond donors (Lipinski definition) is 2. The molecule has 1 aromatic rings. The van der Waals surface area contributed by atoms with Crippen LogP contribution in [0.15, 0.2) is 18.2 Å². The number of halogens is 1. The SMILES string of the molecule is COc1ccc(Cl)cc1NC(=O)C1CCCCN1. The molecule has 2 N–H and O–H groups in total. The van der Waals surface area contributed by atoms with Crippen LogP contribution >= 0.6 is 11.6 Å². The number of benzene rings is 1. The first-order valence-electron chi connectivity index (χ1n) is 6.08. The number of carbonyl (C=O) groups excluding carboxylic acids is 1. The number of hydrogen-bond acceptors (Lipinski definition) is 3. The highest BCUT2D eigenvalue weighted by Crippen LogP contribution is 2.28. The Morgan fingerprint density at radius 1 is 1.50 bits per heavy atom. The molecule has 1 aliphatic rings. The van der Waals surface area contributed by atoms with Crippen LogP contribution in [-0.2, 0) is 4.79 Å². The van der Waals surface area contributed by atoms with Crippen LogP contribution in [0.5, 0.6) is 5.75 Å². The number of piperidine rings is 1. The molecule has 4 nitrogen and oxygen atoms in total. The van der Waals surface area contributed by atoms with E-state index in [1.54, 1.807) is 25.3 Å². The highest BCUT2D eigenvalue weighted by atomic mass is 35.5. The van der Waals surface area contributed by atoms with Crippen molar-refractivity contribution >= 4 is 23.2 Å². The van der Waals surface area contributed by atoms with E-state index in [1.807, 2.05) is 0 Å². The van der Waals surface area contributed by atoms with E-state index in [0.29, 0.717) is 16.5 Å². The second-order valence-corrected chi connectivity index (χ2v) is 4.77. The first-order chi connectivity index (χ1) is 8.70. The summed E-state index contributed by atoms with van der Waals surface area (Å²) in [5, 5.41) is 6.64. The van der Waals surface area contributed by atoms with Gasteiger partial charge in [0.25, 0.3) is 0 Å². The van der Waals surface area contributed by atoms with Gasteiger partial charge < -0.3 is 15.4 Å². The van der Waals surface area contributed by atoms with Gasteiger partial charge >= 0.3 is 0 Å². The Hall–Kier alpha value is -1.26. The highest BCUT2D eigenvalue weighted by Gasteiger charge is 2.21. The Morgan fingerprint density at radius 2 is 2.33 bits per heavy atom. The molecule has 2 rings (SSSR count). The molecule has 1 unspecified atom stereocenters. The van der Waals surface area contributed by atoms with E-state index in [9.17, 15) is 4.79 Å². The monoisotopic (exact) mass is 268 g/mol. The van der Waals surface area contributed by atoms with Gasteiger partial charge in [-0.15, -0.1) is 0 Å². The topological polar surface area (TPSA) is 50.4 Å². The summed E-state index contributed by atoms with van der Waals surface area (Å²) in [6, 6.07) is 5.05. The molecule has 0 aliphatic carbocycles. The molecular formula is C13H17ClN2O2. The maximum absolute atomic E-state index is 12.1. The lowest BCUT2D eigenvalue weighted by molar-refractivity contribution is -0.118. The molecule has 1 heterocycles. The van der Waals surface area contributed by atoms with Crippen molar-refractivity contribution in [2.24, 2.45) is 0 Å². The van der Waals surface area contributed by atoms with Crippen LogP contribution in [0, 0.1) is 0 Å². The molecule has 0 radical (unpaired) electrons. The Balaban J connectivity index is 2.07. The van der Waals surface area contributed by atoms with Crippen LogP contribution in [-0.4, -0.2) is 25.6 Å². The lowest BCUT2D eigenvalue weighted by Crippen LogP contribution is -2.43. The lowest BCUT2D eigenvalue weighted by Gasteiger charge is -2.23. The quantitative estimate of drug-likeness (QED) is 0.885. The van der Waals surface area contributed by atoms with Gasteiger partial charge in [-0.05, 0) is 37.6 Å². The van der Waals surface area contributed by atoms with Gasteiger partial charge in [-0.1, -0.05) is 18.0 Å². The summed E-state index contributed by atoms with van der Waals surface area (Å²) < 4.78 is 5.19. The normalized spacial score (nSPS) is 19.3. The summed E-state index contributed by atoms with van der Waals surface area (Å²) in [5.41, 5.74) is 0.613. The van der Waals surface area contributed by atoms with Crippen LogP contribution in [0.3, 0.4) is 0 Å². The minimum atomic E-state index is -0.123. The number of rotatable bonds is 3. The average Bonchev–Trinajstić information content (AvgIpc) is 2.40. The summed E-state index contributed by atoms with van der Waals surface area (Å²) in [4.78, 5) is 12.1. The van der Waals surface area contributed by atoms with Crippen molar-refractivity contribution in [3.05, 3.63) is 23.2 Å². The maximum atomic E-state index is 12.1. The minimum Gasteiger partial charge on any atom is -0.495 e. The zero-order valence-electron chi connectivity index (χ0n) is 10.3. The third kappa shape index (κ3) is 3.15. The molecule has 1 fully saturated rings. The Labute approximate surface area is 112 Å². The van der Waals surface area contributed by atoms with Crippen molar-refractivity contribution in [2.75, 3.05) is 19.0 Å². The fourth-order valence-corrected chi connectivity index (χ4v) is 2.25. The minimum absolute atomic E-state index is 0.0322. The number of methoxy groups -OCH3 is 1. The molecule has 1 aromatic carbocycles. The second-order valence-electron chi connectivity index (χ2n) is 4.34. The van der Waals surface area contributed by atoms with E-state index in [0.717, 1.165) is 25.8 Å². The van der Waals surface area contributed by atoms with E-state index in [-0.39, 0.29) is 11.9 Å². The summed E-state index contributed by atoms with van der Waals surface area (Å²) >= 11 is 5.92. The first kappa shape index (κ1) is 13.2. The summed E-state index contributed by atoms with van der Waals surface area (Å²) in [6.45, 7) is 0.894. The molecule has 5 heteroatoms. The van der Waals surface area contributed by atoms with Crippen LogP contribution in [0.25, 0.3) is 0 Å². The van der Waals surface area contributed by atoms with E-state index < -0.39 is 0 Å². The number of nitrogens with one attached hydrogen (secondary N) is 2. The number of anilines is 1. The van der Waals surface area contributed by atoms with Crippen molar-refractivity contribution in [3.63, 3.8) is 0 Å². The molecular weight excluding hydrogens is 252 g/mol. The molecule has 1 atom stereocenters. The van der Waals surface area contributed by atoms with Crippen molar-refractivity contribution in [1.82, 2.24) is 5.32 Å². The van der Waals surface area contributed by atoms with Gasteiger partial charge in [0.1, 0.15) is 5.75 Å².